The van der Waals surface area contributed by atoms with E-state index in [9.17, 15) is 5.11 Å². The molecule has 0 aliphatic carbocycles. The summed E-state index contributed by atoms with van der Waals surface area (Å²) in [6.07, 6.45) is 2.79. The number of ether oxygens (including phenoxy) is 1. The van der Waals surface area contributed by atoms with Crippen LogP contribution < -0.4 is 20.5 Å². The predicted octanol–water partition coefficient (Wildman–Crippen LogP) is 1.96. The summed E-state index contributed by atoms with van der Waals surface area (Å²) in [6, 6.07) is 0. The van der Waals surface area contributed by atoms with Crippen molar-refractivity contribution in [3.05, 3.63) is 0 Å². The number of aliphatic hydroxyl groups is 1. The molecule has 1 heterocycles. The van der Waals surface area contributed by atoms with Gasteiger partial charge in [-0.2, -0.15) is 14.8 Å². The molecule has 0 radical (unpaired) electrons. The summed E-state index contributed by atoms with van der Waals surface area (Å²) in [7, 11) is 1.86. The molecule has 4 N–H and O–H groups in total. The number of aliphatic imine (C=N–C) groups is 1. The third-order valence-electron chi connectivity index (χ3n) is 3.92. The van der Waals surface area contributed by atoms with E-state index in [0.717, 1.165) is 0 Å². The van der Waals surface area contributed by atoms with Crippen LogP contribution in [0, 0.1) is 0 Å². The van der Waals surface area contributed by atoms with Gasteiger partial charge in [0.05, 0.1) is 12.7 Å². The Balaban J connectivity index is 3.32. The summed E-state index contributed by atoms with van der Waals surface area (Å²) in [6.45, 7) is 10.3. The Morgan fingerprint density at radius 2 is 1.96 bits per heavy atom. The maximum atomic E-state index is 9.44. The number of nitrogen functional groups attached to an aromatic ring is 1. The Morgan fingerprint density at radius 3 is 2.42 bits per heavy atom. The lowest BCUT2D eigenvalue weighted by Crippen LogP contribution is -2.39. The predicted molar refractivity (Wildman–Crippen MR) is 110 cm³/mol. The molecular weight excluding hydrogens is 354 g/mol. The highest BCUT2D eigenvalue weighted by Gasteiger charge is 2.25. The van der Waals surface area contributed by atoms with E-state index in [1.165, 1.54) is 11.9 Å². The second kappa shape index (κ2) is 11.2. The first-order valence-electron chi connectivity index (χ1n) is 8.66. The van der Waals surface area contributed by atoms with E-state index >= 15 is 0 Å². The Kier molecular flexibility index (Phi) is 9.63. The van der Waals surface area contributed by atoms with Crippen molar-refractivity contribution in [1.29, 1.82) is 0 Å². The number of nitrogens with zero attached hydrogens (tertiary/aromatic N) is 5. The fourth-order valence-electron chi connectivity index (χ4n) is 2.48. The van der Waals surface area contributed by atoms with Gasteiger partial charge in [0.25, 0.3) is 0 Å². The molecule has 1 rings (SSSR count). The van der Waals surface area contributed by atoms with Crippen LogP contribution in [0.25, 0.3) is 0 Å². The van der Waals surface area contributed by atoms with Gasteiger partial charge < -0.3 is 20.5 Å². The van der Waals surface area contributed by atoms with Crippen molar-refractivity contribution in [1.82, 2.24) is 14.8 Å². The van der Waals surface area contributed by atoms with Crippen LogP contribution in [0.1, 0.15) is 33.6 Å². The Morgan fingerprint density at radius 1 is 1.31 bits per heavy atom. The standard InChI is InChI=1S/C16H31N7O2S/c1-7-11(10-24)25-12(8-2)22(5)14-13(18-4)15(20-16(17)19-14)23(9-3)21-26-6/h11-12,21,24H,4,7-10H2,1-3,5-6H3,(H2,17,19,20). The summed E-state index contributed by atoms with van der Waals surface area (Å²) in [5, 5.41) is 11.3. The van der Waals surface area contributed by atoms with Crippen molar-refractivity contribution in [3.63, 3.8) is 0 Å². The summed E-state index contributed by atoms with van der Waals surface area (Å²) in [4.78, 5) is 17.8. The van der Waals surface area contributed by atoms with E-state index in [1.54, 1.807) is 0 Å². The van der Waals surface area contributed by atoms with Crippen LogP contribution in [-0.2, 0) is 4.74 Å². The first-order valence-corrected chi connectivity index (χ1v) is 9.89. The van der Waals surface area contributed by atoms with Crippen LogP contribution in [0.5, 0.6) is 0 Å². The Hall–Kier alpha value is -1.62. The lowest BCUT2D eigenvalue weighted by atomic mass is 10.2. The Labute approximate surface area is 160 Å². The highest BCUT2D eigenvalue weighted by molar-refractivity contribution is 7.96. The van der Waals surface area contributed by atoms with Gasteiger partial charge in [-0.15, -0.1) is 0 Å². The number of aromatic nitrogens is 2. The van der Waals surface area contributed by atoms with Crippen molar-refractivity contribution in [2.75, 3.05) is 42.1 Å². The highest BCUT2D eigenvalue weighted by atomic mass is 32.2. The van der Waals surface area contributed by atoms with E-state index in [0.29, 0.717) is 36.7 Å². The van der Waals surface area contributed by atoms with E-state index in [2.05, 4.69) is 26.5 Å². The minimum atomic E-state index is -0.293. The highest BCUT2D eigenvalue weighted by Crippen LogP contribution is 2.36. The number of anilines is 3. The van der Waals surface area contributed by atoms with Gasteiger partial charge in [0, 0.05) is 13.6 Å². The quantitative estimate of drug-likeness (QED) is 0.215. The molecule has 0 aromatic carbocycles. The maximum absolute atomic E-state index is 9.44. The molecule has 2 unspecified atom stereocenters. The monoisotopic (exact) mass is 385 g/mol. The van der Waals surface area contributed by atoms with Crippen LogP contribution in [0.4, 0.5) is 23.3 Å². The van der Waals surface area contributed by atoms with Crippen molar-refractivity contribution in [2.24, 2.45) is 4.99 Å². The first-order chi connectivity index (χ1) is 12.5. The molecule has 148 valence electrons. The third-order valence-corrected chi connectivity index (χ3v) is 4.32. The molecule has 1 aromatic heterocycles. The van der Waals surface area contributed by atoms with Crippen LogP contribution in [0.3, 0.4) is 0 Å². The molecule has 0 saturated heterocycles. The SMILES string of the molecule is C=Nc1c(N(CC)NSC)nc(N)nc1N(C)C(CC)OC(CC)CO. The molecule has 1 aromatic rings. The molecule has 2 atom stereocenters. The Bertz CT molecular complexity index is 572. The normalized spacial score (nSPS) is 13.3. The number of rotatable bonds is 12. The number of aliphatic hydroxyl groups excluding tert-OH is 1. The molecule has 10 heteroatoms. The minimum absolute atomic E-state index is 0.0359. The molecule has 0 bridgehead atoms. The lowest BCUT2D eigenvalue weighted by Gasteiger charge is -2.32. The number of nitrogens with two attached hydrogens (primary N) is 1. The molecule has 0 aliphatic rings. The molecule has 0 saturated carbocycles. The van der Waals surface area contributed by atoms with Crippen LogP contribution in [-0.4, -0.2) is 60.6 Å². The summed E-state index contributed by atoms with van der Waals surface area (Å²) in [5.41, 5.74) is 6.47. The van der Waals surface area contributed by atoms with Crippen LogP contribution >= 0.6 is 11.9 Å². The number of hydrazine groups is 1. The zero-order valence-electron chi connectivity index (χ0n) is 16.3. The van der Waals surface area contributed by atoms with Gasteiger partial charge >= 0.3 is 0 Å². The van der Waals surface area contributed by atoms with Crippen molar-refractivity contribution in [3.8, 4) is 0 Å². The van der Waals surface area contributed by atoms with Crippen LogP contribution in [0.15, 0.2) is 4.99 Å². The van der Waals surface area contributed by atoms with E-state index < -0.39 is 0 Å². The largest absolute Gasteiger partial charge is 0.394 e. The van der Waals surface area contributed by atoms with Gasteiger partial charge in [0.2, 0.25) is 5.95 Å². The zero-order chi connectivity index (χ0) is 19.7. The first kappa shape index (κ1) is 22.4. The van der Waals surface area contributed by atoms with Crippen molar-refractivity contribution < 1.29 is 9.84 Å². The molecule has 0 amide bonds. The van der Waals surface area contributed by atoms with Gasteiger partial charge in [-0.3, -0.25) is 10.0 Å². The van der Waals surface area contributed by atoms with Gasteiger partial charge in [-0.05, 0) is 32.7 Å². The third kappa shape index (κ3) is 5.44. The second-order valence-electron chi connectivity index (χ2n) is 5.60. The average Bonchev–Trinajstić information content (AvgIpc) is 2.66. The summed E-state index contributed by atoms with van der Waals surface area (Å²) >= 11 is 1.44. The van der Waals surface area contributed by atoms with E-state index in [-0.39, 0.29) is 24.9 Å². The van der Waals surface area contributed by atoms with E-state index in [1.807, 2.05) is 44.0 Å². The molecular formula is C16H31N7O2S. The van der Waals surface area contributed by atoms with E-state index in [4.69, 9.17) is 10.5 Å². The van der Waals surface area contributed by atoms with Gasteiger partial charge in [0.1, 0.15) is 11.9 Å². The topological polar surface area (TPSA) is 112 Å². The molecule has 0 fully saturated rings. The van der Waals surface area contributed by atoms with Crippen molar-refractivity contribution >= 4 is 41.9 Å². The van der Waals surface area contributed by atoms with Gasteiger partial charge in [-0.25, -0.2) is 0 Å². The number of nitrogens with one attached hydrogen (secondary N) is 1. The lowest BCUT2D eigenvalue weighted by molar-refractivity contribution is -0.0410. The molecule has 0 aliphatic heterocycles. The fourth-order valence-corrected chi connectivity index (χ4v) is 2.92. The average molecular weight is 386 g/mol. The smallest absolute Gasteiger partial charge is 0.224 e. The summed E-state index contributed by atoms with van der Waals surface area (Å²) in [5.74, 6) is 1.22. The number of hydrogen-bond donors (Lipinski definition) is 3. The fraction of sp³-hybridized carbons (Fsp3) is 0.688. The zero-order valence-corrected chi connectivity index (χ0v) is 17.1. The minimum Gasteiger partial charge on any atom is -0.394 e. The van der Waals surface area contributed by atoms with Crippen molar-refractivity contribution in [2.45, 2.75) is 45.9 Å². The van der Waals surface area contributed by atoms with Gasteiger partial charge in [0.15, 0.2) is 11.6 Å². The molecule has 0 spiro atoms. The maximum Gasteiger partial charge on any atom is 0.224 e. The summed E-state index contributed by atoms with van der Waals surface area (Å²) < 4.78 is 6.01. The van der Waals surface area contributed by atoms with Gasteiger partial charge in [-0.1, -0.05) is 25.8 Å². The molecule has 26 heavy (non-hydrogen) atoms. The molecule has 9 nitrogen and oxygen atoms in total. The van der Waals surface area contributed by atoms with Crippen LogP contribution in [0.2, 0.25) is 0 Å². The number of hydrogen-bond acceptors (Lipinski definition) is 10. The second-order valence-corrected chi connectivity index (χ2v) is 6.19.